The van der Waals surface area contributed by atoms with Crippen LogP contribution in [0.4, 0.5) is 11.4 Å². The predicted molar refractivity (Wildman–Crippen MR) is 120 cm³/mol. The van der Waals surface area contributed by atoms with Crippen LogP contribution in [0.1, 0.15) is 10.4 Å². The van der Waals surface area contributed by atoms with E-state index >= 15 is 0 Å². The van der Waals surface area contributed by atoms with Crippen molar-refractivity contribution in [3.63, 3.8) is 0 Å². The zero-order valence-corrected chi connectivity index (χ0v) is 17.1. The van der Waals surface area contributed by atoms with Crippen LogP contribution in [0.5, 0.6) is 0 Å². The first-order valence-electron chi connectivity index (χ1n) is 10.2. The largest absolute Gasteiger partial charge is 0.452 e. The molecule has 0 aliphatic carbocycles. The van der Waals surface area contributed by atoms with E-state index in [9.17, 15) is 9.59 Å². The van der Waals surface area contributed by atoms with E-state index in [4.69, 9.17) is 9.47 Å². The number of amides is 1. The minimum atomic E-state index is -0.530. The van der Waals surface area contributed by atoms with Gasteiger partial charge in [-0.25, -0.2) is 4.79 Å². The summed E-state index contributed by atoms with van der Waals surface area (Å²) >= 11 is 0. The molecule has 1 fully saturated rings. The maximum atomic E-state index is 12.3. The third-order valence-corrected chi connectivity index (χ3v) is 5.09. The zero-order chi connectivity index (χ0) is 21.5. The summed E-state index contributed by atoms with van der Waals surface area (Å²) in [4.78, 5) is 26.6. The van der Waals surface area contributed by atoms with E-state index < -0.39 is 5.97 Å². The van der Waals surface area contributed by atoms with Gasteiger partial charge in [-0.15, -0.1) is 0 Å². The molecule has 0 atom stereocenters. The molecule has 0 saturated carbocycles. The summed E-state index contributed by atoms with van der Waals surface area (Å²) in [6.45, 7) is 2.81. The number of hydrogen-bond acceptors (Lipinski definition) is 5. The lowest BCUT2D eigenvalue weighted by Gasteiger charge is -2.28. The van der Waals surface area contributed by atoms with Crippen LogP contribution in [-0.4, -0.2) is 44.8 Å². The molecule has 0 bridgehead atoms. The van der Waals surface area contributed by atoms with Gasteiger partial charge < -0.3 is 19.7 Å². The second-order valence-corrected chi connectivity index (χ2v) is 7.21. The number of nitrogens with one attached hydrogen (secondary N) is 1. The van der Waals surface area contributed by atoms with Gasteiger partial charge in [0.2, 0.25) is 0 Å². The van der Waals surface area contributed by atoms with E-state index in [-0.39, 0.29) is 12.5 Å². The van der Waals surface area contributed by atoms with Crippen LogP contribution < -0.4 is 10.2 Å². The van der Waals surface area contributed by atoms with Crippen LogP contribution in [0, 0.1) is 0 Å². The normalized spacial score (nSPS) is 13.5. The van der Waals surface area contributed by atoms with Gasteiger partial charge in [0.1, 0.15) is 0 Å². The lowest BCUT2D eigenvalue weighted by Crippen LogP contribution is -2.36. The van der Waals surface area contributed by atoms with E-state index in [2.05, 4.69) is 10.2 Å². The fourth-order valence-electron chi connectivity index (χ4n) is 3.42. The maximum absolute atomic E-state index is 12.3. The average Bonchev–Trinajstić information content (AvgIpc) is 2.84. The summed E-state index contributed by atoms with van der Waals surface area (Å²) < 4.78 is 10.5. The fourth-order valence-corrected chi connectivity index (χ4v) is 3.42. The molecule has 0 unspecified atom stereocenters. The molecule has 6 nitrogen and oxygen atoms in total. The minimum Gasteiger partial charge on any atom is -0.452 e. The first-order chi connectivity index (χ1) is 15.2. The second kappa shape index (κ2) is 9.91. The molecule has 1 saturated heterocycles. The maximum Gasteiger partial charge on any atom is 0.338 e. The Balaban J connectivity index is 1.27. The Bertz CT molecular complexity index is 1010. The van der Waals surface area contributed by atoms with Gasteiger partial charge in [0.25, 0.3) is 5.91 Å². The molecule has 4 rings (SSSR count). The molecule has 6 heteroatoms. The third-order valence-electron chi connectivity index (χ3n) is 5.09. The molecule has 1 N–H and O–H groups in total. The fraction of sp³-hybridized carbons (Fsp3) is 0.200. The first-order valence-corrected chi connectivity index (χ1v) is 10.2. The quantitative estimate of drug-likeness (QED) is 0.616. The van der Waals surface area contributed by atoms with Gasteiger partial charge in [-0.05, 0) is 47.5 Å². The number of anilines is 2. The van der Waals surface area contributed by atoms with Crippen LogP contribution in [0.3, 0.4) is 0 Å². The van der Waals surface area contributed by atoms with Crippen molar-refractivity contribution in [2.75, 3.05) is 43.1 Å². The zero-order valence-electron chi connectivity index (χ0n) is 17.1. The van der Waals surface area contributed by atoms with E-state index in [1.54, 1.807) is 12.1 Å². The first kappa shape index (κ1) is 20.6. The molecular formula is C25H24N2O4. The smallest absolute Gasteiger partial charge is 0.338 e. The molecule has 3 aromatic carbocycles. The lowest BCUT2D eigenvalue weighted by molar-refractivity contribution is -0.119. The molecule has 1 amide bonds. The number of morpholine rings is 1. The summed E-state index contributed by atoms with van der Waals surface area (Å²) in [5.74, 6) is -0.911. The van der Waals surface area contributed by atoms with Crippen molar-refractivity contribution in [2.24, 2.45) is 0 Å². The highest BCUT2D eigenvalue weighted by atomic mass is 16.5. The molecule has 0 radical (unpaired) electrons. The SMILES string of the molecule is O=C(COC(=O)c1ccc(-c2ccccc2)cc1)Nc1ccc(N2CCOCC2)cc1. The van der Waals surface area contributed by atoms with Gasteiger partial charge in [-0.3, -0.25) is 4.79 Å². The number of rotatable bonds is 6. The van der Waals surface area contributed by atoms with Gasteiger partial charge >= 0.3 is 5.97 Å². The Hall–Kier alpha value is -3.64. The van der Waals surface area contributed by atoms with Gasteiger partial charge in [0.05, 0.1) is 18.8 Å². The van der Waals surface area contributed by atoms with Crippen molar-refractivity contribution >= 4 is 23.3 Å². The molecule has 1 aliphatic heterocycles. The molecule has 31 heavy (non-hydrogen) atoms. The van der Waals surface area contributed by atoms with Gasteiger partial charge in [-0.1, -0.05) is 42.5 Å². The molecule has 0 spiro atoms. The van der Waals surface area contributed by atoms with E-state index in [1.807, 2.05) is 66.7 Å². The van der Waals surface area contributed by atoms with E-state index in [0.717, 1.165) is 43.1 Å². The summed E-state index contributed by atoms with van der Waals surface area (Å²) in [6, 6.07) is 24.6. The van der Waals surface area contributed by atoms with Gasteiger partial charge in [0.15, 0.2) is 6.61 Å². The van der Waals surface area contributed by atoms with Gasteiger partial charge in [-0.2, -0.15) is 0 Å². The Morgan fingerprint density at radius 1 is 0.839 bits per heavy atom. The monoisotopic (exact) mass is 416 g/mol. The Labute approximate surface area is 181 Å². The molecule has 1 aliphatic rings. The number of hydrogen-bond donors (Lipinski definition) is 1. The van der Waals surface area contributed by atoms with Crippen molar-refractivity contribution < 1.29 is 19.1 Å². The van der Waals surface area contributed by atoms with Crippen LogP contribution >= 0.6 is 0 Å². The van der Waals surface area contributed by atoms with Crippen LogP contribution in [0.25, 0.3) is 11.1 Å². The minimum absolute atomic E-state index is 0.343. The predicted octanol–water partition coefficient (Wildman–Crippen LogP) is 3.99. The van der Waals surface area contributed by atoms with E-state index in [1.165, 1.54) is 0 Å². The van der Waals surface area contributed by atoms with Crippen LogP contribution in [0.2, 0.25) is 0 Å². The van der Waals surface area contributed by atoms with Crippen molar-refractivity contribution in [3.8, 4) is 11.1 Å². The highest BCUT2D eigenvalue weighted by Crippen LogP contribution is 2.20. The average molecular weight is 416 g/mol. The van der Waals surface area contributed by atoms with Crippen molar-refractivity contribution in [3.05, 3.63) is 84.4 Å². The Morgan fingerprint density at radius 2 is 1.48 bits per heavy atom. The number of benzene rings is 3. The van der Waals surface area contributed by atoms with Gasteiger partial charge in [0, 0.05) is 24.5 Å². The number of esters is 1. The summed E-state index contributed by atoms with van der Waals surface area (Å²) in [7, 11) is 0. The third kappa shape index (κ3) is 5.49. The number of nitrogens with zero attached hydrogens (tertiary/aromatic N) is 1. The summed E-state index contributed by atoms with van der Waals surface area (Å²) in [6.07, 6.45) is 0. The Morgan fingerprint density at radius 3 is 2.16 bits per heavy atom. The number of carbonyl (C=O) groups excluding carboxylic acids is 2. The second-order valence-electron chi connectivity index (χ2n) is 7.21. The molecular weight excluding hydrogens is 392 g/mol. The topological polar surface area (TPSA) is 67.9 Å². The number of carbonyl (C=O) groups is 2. The molecule has 3 aromatic rings. The van der Waals surface area contributed by atoms with Crippen molar-refractivity contribution in [1.29, 1.82) is 0 Å². The lowest BCUT2D eigenvalue weighted by atomic mass is 10.0. The summed E-state index contributed by atoms with van der Waals surface area (Å²) in [5.41, 5.74) is 4.23. The molecule has 158 valence electrons. The Kier molecular flexibility index (Phi) is 6.59. The van der Waals surface area contributed by atoms with Crippen LogP contribution in [0.15, 0.2) is 78.9 Å². The molecule has 0 aromatic heterocycles. The van der Waals surface area contributed by atoms with Crippen molar-refractivity contribution in [2.45, 2.75) is 0 Å². The highest BCUT2D eigenvalue weighted by molar-refractivity contribution is 5.95. The molecule has 1 heterocycles. The number of ether oxygens (including phenoxy) is 2. The van der Waals surface area contributed by atoms with Crippen molar-refractivity contribution in [1.82, 2.24) is 0 Å². The van der Waals surface area contributed by atoms with E-state index in [0.29, 0.717) is 11.3 Å². The summed E-state index contributed by atoms with van der Waals surface area (Å²) in [5, 5.41) is 2.75. The van der Waals surface area contributed by atoms with Crippen LogP contribution in [-0.2, 0) is 14.3 Å². The highest BCUT2D eigenvalue weighted by Gasteiger charge is 2.13. The standard InChI is InChI=1S/C25H24N2O4/c28-24(26-22-10-12-23(13-11-22)27-14-16-30-17-15-27)18-31-25(29)21-8-6-20(7-9-21)19-4-2-1-3-5-19/h1-13H,14-18H2,(H,26,28).